The number of carbonyl (C=O) groups is 1. The predicted molar refractivity (Wildman–Crippen MR) is 78.9 cm³/mol. The third-order valence-electron chi connectivity index (χ3n) is 3.12. The molecule has 0 aliphatic heterocycles. The van der Waals surface area contributed by atoms with Crippen LogP contribution in [0.15, 0.2) is 36.5 Å². The van der Waals surface area contributed by atoms with Gasteiger partial charge in [-0.25, -0.2) is 0 Å². The summed E-state index contributed by atoms with van der Waals surface area (Å²) in [5, 5.41) is 2.93. The van der Waals surface area contributed by atoms with Gasteiger partial charge in [-0.15, -0.1) is 0 Å². The van der Waals surface area contributed by atoms with E-state index in [9.17, 15) is 4.79 Å². The average molecular weight is 272 g/mol. The molecule has 0 saturated carbocycles. The lowest BCUT2D eigenvalue weighted by atomic mass is 10.1. The smallest absolute Gasteiger partial charge is 0.224 e. The zero-order chi connectivity index (χ0) is 14.4. The van der Waals surface area contributed by atoms with E-state index in [2.05, 4.69) is 10.3 Å². The molecular weight excluding hydrogens is 252 g/mol. The number of amides is 1. The number of aromatic amines is 1. The Bertz CT molecular complexity index is 575. The van der Waals surface area contributed by atoms with Crippen molar-refractivity contribution < 1.29 is 9.53 Å². The third-order valence-corrected chi connectivity index (χ3v) is 3.12. The number of methoxy groups -OCH3 is 1. The lowest BCUT2D eigenvalue weighted by molar-refractivity contribution is -0.120. The molecule has 4 heteroatoms. The van der Waals surface area contributed by atoms with Crippen molar-refractivity contribution in [3.8, 4) is 5.75 Å². The minimum Gasteiger partial charge on any atom is -0.497 e. The lowest BCUT2D eigenvalue weighted by Crippen LogP contribution is -2.27. The van der Waals surface area contributed by atoms with Crippen molar-refractivity contribution in [1.82, 2.24) is 10.3 Å². The fraction of sp³-hybridized carbons (Fsp3) is 0.312. The van der Waals surface area contributed by atoms with Crippen LogP contribution in [0.4, 0.5) is 0 Å². The Balaban J connectivity index is 1.76. The van der Waals surface area contributed by atoms with E-state index < -0.39 is 0 Å². The number of ether oxygens (including phenoxy) is 1. The van der Waals surface area contributed by atoms with Crippen molar-refractivity contribution in [1.29, 1.82) is 0 Å². The van der Waals surface area contributed by atoms with E-state index in [4.69, 9.17) is 4.74 Å². The third kappa shape index (κ3) is 4.16. The number of aromatic nitrogens is 1. The van der Waals surface area contributed by atoms with Crippen LogP contribution in [0.1, 0.15) is 16.8 Å². The molecule has 2 N–H and O–H groups in total. The predicted octanol–water partition coefficient (Wildman–Crippen LogP) is 2.23. The van der Waals surface area contributed by atoms with Crippen LogP contribution in [-0.4, -0.2) is 24.5 Å². The Hall–Kier alpha value is -2.23. The first kappa shape index (κ1) is 14.2. The van der Waals surface area contributed by atoms with Gasteiger partial charge in [0.2, 0.25) is 5.91 Å². The molecule has 0 spiro atoms. The van der Waals surface area contributed by atoms with Gasteiger partial charge in [0.25, 0.3) is 0 Å². The van der Waals surface area contributed by atoms with Crippen molar-refractivity contribution in [2.75, 3.05) is 13.7 Å². The number of rotatable bonds is 6. The summed E-state index contributed by atoms with van der Waals surface area (Å²) in [4.78, 5) is 14.9. The zero-order valence-corrected chi connectivity index (χ0v) is 11.9. The van der Waals surface area contributed by atoms with Crippen LogP contribution in [0.3, 0.4) is 0 Å². The molecule has 0 radical (unpaired) electrons. The van der Waals surface area contributed by atoms with Gasteiger partial charge in [-0.2, -0.15) is 0 Å². The summed E-state index contributed by atoms with van der Waals surface area (Å²) in [5.41, 5.74) is 3.24. The van der Waals surface area contributed by atoms with Crippen molar-refractivity contribution in [2.45, 2.75) is 19.8 Å². The number of benzene rings is 1. The minimum atomic E-state index is 0.0481. The molecule has 1 heterocycles. The highest BCUT2D eigenvalue weighted by Gasteiger charge is 2.04. The highest BCUT2D eigenvalue weighted by molar-refractivity contribution is 5.78. The first-order valence-electron chi connectivity index (χ1n) is 6.71. The quantitative estimate of drug-likeness (QED) is 0.847. The molecule has 0 aliphatic carbocycles. The summed E-state index contributed by atoms with van der Waals surface area (Å²) < 4.78 is 5.17. The summed E-state index contributed by atoms with van der Waals surface area (Å²) in [5.74, 6) is 0.892. The van der Waals surface area contributed by atoms with E-state index in [1.54, 1.807) is 7.11 Å². The Morgan fingerprint density at radius 3 is 2.85 bits per heavy atom. The second-order valence-electron chi connectivity index (χ2n) is 4.82. The van der Waals surface area contributed by atoms with Gasteiger partial charge in [0.1, 0.15) is 5.75 Å². The first-order chi connectivity index (χ1) is 9.67. The summed E-state index contributed by atoms with van der Waals surface area (Å²) in [6, 6.07) is 9.88. The molecule has 0 saturated heterocycles. The van der Waals surface area contributed by atoms with Gasteiger partial charge in [-0.3, -0.25) is 4.79 Å². The average Bonchev–Trinajstić information content (AvgIpc) is 2.84. The second-order valence-corrected chi connectivity index (χ2v) is 4.82. The zero-order valence-electron chi connectivity index (χ0n) is 11.9. The van der Waals surface area contributed by atoms with Crippen molar-refractivity contribution in [3.05, 3.63) is 53.3 Å². The molecule has 20 heavy (non-hydrogen) atoms. The van der Waals surface area contributed by atoms with Crippen LogP contribution < -0.4 is 10.1 Å². The number of nitrogens with one attached hydrogen (secondary N) is 2. The van der Waals surface area contributed by atoms with E-state index in [1.807, 2.05) is 43.5 Å². The first-order valence-corrected chi connectivity index (χ1v) is 6.71. The molecule has 0 unspecified atom stereocenters. The molecular formula is C16H20N2O2. The standard InChI is InChI=1S/C16H20N2O2/c1-12-8-14(11-18-12)10-16(19)17-7-6-13-4-3-5-15(9-13)20-2/h3-5,8-9,11,18H,6-7,10H2,1-2H3,(H,17,19). The number of aryl methyl sites for hydroxylation is 1. The Morgan fingerprint density at radius 1 is 1.30 bits per heavy atom. The number of hydrogen-bond acceptors (Lipinski definition) is 2. The van der Waals surface area contributed by atoms with E-state index in [0.29, 0.717) is 13.0 Å². The normalized spacial score (nSPS) is 10.3. The number of hydrogen-bond donors (Lipinski definition) is 2. The maximum atomic E-state index is 11.8. The SMILES string of the molecule is COc1cccc(CCNC(=O)Cc2c[nH]c(C)c2)c1. The van der Waals surface area contributed by atoms with E-state index in [1.165, 1.54) is 0 Å². The molecule has 0 fully saturated rings. The van der Waals surface area contributed by atoms with Crippen molar-refractivity contribution in [2.24, 2.45) is 0 Å². The van der Waals surface area contributed by atoms with Crippen LogP contribution in [0.25, 0.3) is 0 Å². The van der Waals surface area contributed by atoms with E-state index in [0.717, 1.165) is 29.0 Å². The molecule has 1 amide bonds. The van der Waals surface area contributed by atoms with Gasteiger partial charge in [-0.1, -0.05) is 12.1 Å². The van der Waals surface area contributed by atoms with Crippen LogP contribution in [0.2, 0.25) is 0 Å². The van der Waals surface area contributed by atoms with E-state index >= 15 is 0 Å². The van der Waals surface area contributed by atoms with Crippen molar-refractivity contribution in [3.63, 3.8) is 0 Å². The van der Waals surface area contributed by atoms with Gasteiger partial charge >= 0.3 is 0 Å². The summed E-state index contributed by atoms with van der Waals surface area (Å²) in [6.07, 6.45) is 3.09. The van der Waals surface area contributed by atoms with E-state index in [-0.39, 0.29) is 5.91 Å². The van der Waals surface area contributed by atoms with Crippen LogP contribution >= 0.6 is 0 Å². The van der Waals surface area contributed by atoms with Gasteiger partial charge < -0.3 is 15.0 Å². The Labute approximate surface area is 119 Å². The largest absolute Gasteiger partial charge is 0.497 e. The van der Waals surface area contributed by atoms with Crippen LogP contribution in [-0.2, 0) is 17.6 Å². The molecule has 0 atom stereocenters. The molecule has 0 bridgehead atoms. The minimum absolute atomic E-state index is 0.0481. The van der Waals surface area contributed by atoms with Gasteiger partial charge in [-0.05, 0) is 42.7 Å². The maximum Gasteiger partial charge on any atom is 0.224 e. The molecule has 0 aliphatic rings. The van der Waals surface area contributed by atoms with Gasteiger partial charge in [0.05, 0.1) is 13.5 Å². The Morgan fingerprint density at radius 2 is 2.15 bits per heavy atom. The molecule has 1 aromatic carbocycles. The highest BCUT2D eigenvalue weighted by Crippen LogP contribution is 2.12. The molecule has 2 rings (SSSR count). The summed E-state index contributed by atoms with van der Waals surface area (Å²) in [7, 11) is 1.65. The van der Waals surface area contributed by atoms with Crippen LogP contribution in [0.5, 0.6) is 5.75 Å². The molecule has 106 valence electrons. The van der Waals surface area contributed by atoms with Crippen LogP contribution in [0, 0.1) is 6.92 Å². The Kier molecular flexibility index (Phi) is 4.82. The maximum absolute atomic E-state index is 11.8. The molecule has 1 aromatic heterocycles. The van der Waals surface area contributed by atoms with Gasteiger partial charge in [0.15, 0.2) is 0 Å². The monoisotopic (exact) mass is 272 g/mol. The summed E-state index contributed by atoms with van der Waals surface area (Å²) in [6.45, 7) is 2.61. The fourth-order valence-electron chi connectivity index (χ4n) is 2.09. The number of H-pyrrole nitrogens is 1. The van der Waals surface area contributed by atoms with Crippen molar-refractivity contribution >= 4 is 5.91 Å². The number of carbonyl (C=O) groups excluding carboxylic acids is 1. The molecule has 2 aromatic rings. The topological polar surface area (TPSA) is 54.1 Å². The fourth-order valence-corrected chi connectivity index (χ4v) is 2.09. The lowest BCUT2D eigenvalue weighted by Gasteiger charge is -2.06. The highest BCUT2D eigenvalue weighted by atomic mass is 16.5. The molecule has 4 nitrogen and oxygen atoms in total. The second kappa shape index (κ2) is 6.80. The van der Waals surface area contributed by atoms with Gasteiger partial charge in [0, 0.05) is 18.4 Å². The summed E-state index contributed by atoms with van der Waals surface area (Å²) >= 11 is 0.